The van der Waals surface area contributed by atoms with Gasteiger partial charge >= 0.3 is 0 Å². The van der Waals surface area contributed by atoms with E-state index >= 15 is 0 Å². The van der Waals surface area contributed by atoms with Gasteiger partial charge in [-0.25, -0.2) is 8.42 Å². The Morgan fingerprint density at radius 3 is 2.90 bits per heavy atom. The van der Waals surface area contributed by atoms with Gasteiger partial charge in [0.1, 0.15) is 5.75 Å². The third-order valence-electron chi connectivity index (χ3n) is 3.29. The van der Waals surface area contributed by atoms with Crippen molar-refractivity contribution in [1.29, 1.82) is 0 Å². The summed E-state index contributed by atoms with van der Waals surface area (Å²) in [5.41, 5.74) is 0.677. The van der Waals surface area contributed by atoms with Gasteiger partial charge in [-0.05, 0) is 37.1 Å². The number of carbonyl (C=O) groups is 1. The zero-order valence-electron chi connectivity index (χ0n) is 11.6. The molecule has 1 aliphatic rings. The molecule has 1 atom stereocenters. The highest BCUT2D eigenvalue weighted by molar-refractivity contribution is 9.10. The van der Waals surface area contributed by atoms with Crippen molar-refractivity contribution in [2.75, 3.05) is 18.8 Å². The van der Waals surface area contributed by atoms with Gasteiger partial charge in [0, 0.05) is 17.1 Å². The maximum Gasteiger partial charge on any atom is 0.235 e. The van der Waals surface area contributed by atoms with Gasteiger partial charge in [-0.2, -0.15) is 0 Å². The standard InChI is InChI=1S/C14H19BrN2O3S/c15-12-4-1-3-11(7-12)9-21(19,20)10-14(18)17-13-5-2-6-16-8-13/h1,3-4,7,13,16H,2,5-6,8-10H2,(H,17,18). The second-order valence-corrected chi connectivity index (χ2v) is 8.25. The minimum atomic E-state index is -3.45. The number of halogens is 1. The van der Waals surface area contributed by atoms with E-state index in [-0.39, 0.29) is 11.8 Å². The summed E-state index contributed by atoms with van der Waals surface area (Å²) < 4.78 is 25.0. The molecule has 1 aliphatic heterocycles. The number of nitrogens with one attached hydrogen (secondary N) is 2. The number of piperidine rings is 1. The van der Waals surface area contributed by atoms with Crippen LogP contribution in [0.5, 0.6) is 0 Å². The first-order chi connectivity index (χ1) is 9.94. The highest BCUT2D eigenvalue weighted by atomic mass is 79.9. The number of rotatable bonds is 5. The molecule has 21 heavy (non-hydrogen) atoms. The zero-order chi connectivity index (χ0) is 15.3. The second kappa shape index (κ2) is 7.38. The highest BCUT2D eigenvalue weighted by Gasteiger charge is 2.21. The molecule has 1 unspecified atom stereocenters. The van der Waals surface area contributed by atoms with Gasteiger partial charge in [0.2, 0.25) is 5.91 Å². The van der Waals surface area contributed by atoms with Crippen molar-refractivity contribution >= 4 is 31.7 Å². The Balaban J connectivity index is 1.89. The van der Waals surface area contributed by atoms with Crippen LogP contribution in [0.1, 0.15) is 18.4 Å². The van der Waals surface area contributed by atoms with E-state index in [1.807, 2.05) is 6.07 Å². The molecule has 0 aliphatic carbocycles. The van der Waals surface area contributed by atoms with Crippen LogP contribution in [-0.4, -0.2) is 39.2 Å². The van der Waals surface area contributed by atoms with Crippen LogP contribution in [0.3, 0.4) is 0 Å². The van der Waals surface area contributed by atoms with Crippen LogP contribution in [0.25, 0.3) is 0 Å². The lowest BCUT2D eigenvalue weighted by Gasteiger charge is -2.23. The third kappa shape index (κ3) is 5.76. The topological polar surface area (TPSA) is 75.3 Å². The molecule has 1 amide bonds. The van der Waals surface area contributed by atoms with Crippen molar-refractivity contribution < 1.29 is 13.2 Å². The first kappa shape index (κ1) is 16.5. The number of amides is 1. The number of hydrogen-bond donors (Lipinski definition) is 2. The zero-order valence-corrected chi connectivity index (χ0v) is 14.0. The maximum atomic E-state index is 12.1. The summed E-state index contributed by atoms with van der Waals surface area (Å²) in [7, 11) is -3.45. The van der Waals surface area contributed by atoms with Gasteiger partial charge in [0.05, 0.1) is 5.75 Å². The molecule has 0 saturated carbocycles. The predicted molar refractivity (Wildman–Crippen MR) is 85.7 cm³/mol. The first-order valence-corrected chi connectivity index (χ1v) is 9.51. The van der Waals surface area contributed by atoms with Gasteiger partial charge < -0.3 is 10.6 Å². The Morgan fingerprint density at radius 1 is 1.43 bits per heavy atom. The fraction of sp³-hybridized carbons (Fsp3) is 0.500. The largest absolute Gasteiger partial charge is 0.351 e. The number of hydrogen-bond acceptors (Lipinski definition) is 4. The molecule has 0 radical (unpaired) electrons. The summed E-state index contributed by atoms with van der Waals surface area (Å²) in [6.45, 7) is 1.66. The van der Waals surface area contributed by atoms with E-state index < -0.39 is 21.5 Å². The SMILES string of the molecule is O=C(CS(=O)(=O)Cc1cccc(Br)c1)NC1CCCNC1. The van der Waals surface area contributed by atoms with Crippen molar-refractivity contribution in [3.63, 3.8) is 0 Å². The Bertz CT molecular complexity index is 598. The summed E-state index contributed by atoms with van der Waals surface area (Å²) in [6, 6.07) is 7.14. The molecular formula is C14H19BrN2O3S. The smallest absolute Gasteiger partial charge is 0.235 e. The van der Waals surface area contributed by atoms with E-state index in [9.17, 15) is 13.2 Å². The fourth-order valence-corrected chi connectivity index (χ4v) is 4.09. The van der Waals surface area contributed by atoms with E-state index in [1.54, 1.807) is 18.2 Å². The summed E-state index contributed by atoms with van der Waals surface area (Å²) in [5, 5.41) is 5.96. The normalized spacial score (nSPS) is 19.2. The maximum absolute atomic E-state index is 12.1. The second-order valence-electron chi connectivity index (χ2n) is 5.27. The molecule has 2 rings (SSSR count). The van der Waals surface area contributed by atoms with E-state index in [4.69, 9.17) is 0 Å². The molecule has 0 bridgehead atoms. The third-order valence-corrected chi connectivity index (χ3v) is 5.26. The molecule has 1 heterocycles. The summed E-state index contributed by atoms with van der Waals surface area (Å²) >= 11 is 3.31. The van der Waals surface area contributed by atoms with E-state index in [0.29, 0.717) is 12.1 Å². The monoisotopic (exact) mass is 374 g/mol. The van der Waals surface area contributed by atoms with E-state index in [0.717, 1.165) is 23.9 Å². The molecule has 1 fully saturated rings. The van der Waals surface area contributed by atoms with Crippen molar-refractivity contribution in [2.45, 2.75) is 24.6 Å². The lowest BCUT2D eigenvalue weighted by Crippen LogP contribution is -2.47. The van der Waals surface area contributed by atoms with Crippen molar-refractivity contribution in [3.8, 4) is 0 Å². The average Bonchev–Trinajstić information content (AvgIpc) is 2.38. The molecular weight excluding hydrogens is 356 g/mol. The van der Waals surface area contributed by atoms with Gasteiger partial charge in [-0.3, -0.25) is 4.79 Å². The number of benzene rings is 1. The van der Waals surface area contributed by atoms with Crippen LogP contribution in [-0.2, 0) is 20.4 Å². The van der Waals surface area contributed by atoms with Crippen LogP contribution in [0.2, 0.25) is 0 Å². The van der Waals surface area contributed by atoms with Crippen molar-refractivity contribution in [3.05, 3.63) is 34.3 Å². The van der Waals surface area contributed by atoms with Crippen LogP contribution in [0, 0.1) is 0 Å². The number of sulfone groups is 1. The van der Waals surface area contributed by atoms with Gasteiger partial charge in [0.15, 0.2) is 9.84 Å². The molecule has 116 valence electrons. The summed E-state index contributed by atoms with van der Waals surface area (Å²) in [6.07, 6.45) is 1.89. The average molecular weight is 375 g/mol. The van der Waals surface area contributed by atoms with Crippen molar-refractivity contribution in [2.24, 2.45) is 0 Å². The molecule has 0 aromatic heterocycles. The number of carbonyl (C=O) groups excluding carboxylic acids is 1. The molecule has 1 aromatic rings. The van der Waals surface area contributed by atoms with Gasteiger partial charge in [0.25, 0.3) is 0 Å². The molecule has 0 spiro atoms. The van der Waals surface area contributed by atoms with Gasteiger partial charge in [-0.1, -0.05) is 28.1 Å². The summed E-state index contributed by atoms with van der Waals surface area (Å²) in [5.74, 6) is -1.00. The molecule has 7 heteroatoms. The van der Waals surface area contributed by atoms with E-state index in [1.165, 1.54) is 0 Å². The van der Waals surface area contributed by atoms with Crippen LogP contribution in [0.4, 0.5) is 0 Å². The molecule has 5 nitrogen and oxygen atoms in total. The molecule has 1 aromatic carbocycles. The minimum Gasteiger partial charge on any atom is -0.351 e. The lowest BCUT2D eigenvalue weighted by atomic mass is 10.1. The Hall–Kier alpha value is -0.920. The Morgan fingerprint density at radius 2 is 2.24 bits per heavy atom. The first-order valence-electron chi connectivity index (χ1n) is 6.89. The van der Waals surface area contributed by atoms with Crippen LogP contribution in [0.15, 0.2) is 28.7 Å². The molecule has 2 N–H and O–H groups in total. The van der Waals surface area contributed by atoms with E-state index in [2.05, 4.69) is 26.6 Å². The minimum absolute atomic E-state index is 0.0346. The predicted octanol–water partition coefficient (Wildman–Crippen LogP) is 1.23. The molecule has 1 saturated heterocycles. The van der Waals surface area contributed by atoms with Crippen LogP contribution >= 0.6 is 15.9 Å². The highest BCUT2D eigenvalue weighted by Crippen LogP contribution is 2.14. The Kier molecular flexibility index (Phi) is 5.78. The lowest BCUT2D eigenvalue weighted by molar-refractivity contribution is -0.119. The van der Waals surface area contributed by atoms with Gasteiger partial charge in [-0.15, -0.1) is 0 Å². The van der Waals surface area contributed by atoms with Crippen molar-refractivity contribution in [1.82, 2.24) is 10.6 Å². The fourth-order valence-electron chi connectivity index (χ4n) is 2.38. The Labute approximate surface area is 133 Å². The summed E-state index contributed by atoms with van der Waals surface area (Å²) in [4.78, 5) is 11.9. The van der Waals surface area contributed by atoms with Crippen LogP contribution < -0.4 is 10.6 Å². The quantitative estimate of drug-likeness (QED) is 0.812.